The first-order chi connectivity index (χ1) is 15.0. The molecule has 0 saturated heterocycles. The first kappa shape index (κ1) is 19.2. The molecule has 2 aromatic heterocycles. The highest BCUT2D eigenvalue weighted by Gasteiger charge is 2.20. The van der Waals surface area contributed by atoms with Crippen LogP contribution in [0.5, 0.6) is 0 Å². The van der Waals surface area contributed by atoms with Gasteiger partial charge in [0.25, 0.3) is 5.56 Å². The molecular weight excluding hydrogens is 402 g/mol. The van der Waals surface area contributed by atoms with Crippen molar-refractivity contribution in [3.05, 3.63) is 82.6 Å². The number of nitrogens with zero attached hydrogens (tertiary/aromatic N) is 3. The Morgan fingerprint density at radius 3 is 2.71 bits per heavy atom. The number of benzene rings is 2. The fourth-order valence-corrected chi connectivity index (χ4v) is 3.99. The molecule has 156 valence electrons. The molecule has 4 aromatic rings. The molecule has 6 nitrogen and oxygen atoms in total. The predicted octanol–water partition coefficient (Wildman–Crippen LogP) is 3.47. The highest BCUT2D eigenvalue weighted by Crippen LogP contribution is 2.29. The van der Waals surface area contributed by atoms with Gasteiger partial charge in [-0.25, -0.2) is 13.8 Å². The number of hydrogen-bond donors (Lipinski definition) is 1. The Morgan fingerprint density at radius 2 is 1.90 bits per heavy atom. The van der Waals surface area contributed by atoms with Crippen LogP contribution in [-0.2, 0) is 11.3 Å². The number of aromatic amines is 1. The average Bonchev–Trinajstić information content (AvgIpc) is 3.19. The minimum atomic E-state index is -0.524. The molecule has 8 heteroatoms. The third-order valence-corrected chi connectivity index (χ3v) is 5.64. The van der Waals surface area contributed by atoms with Crippen LogP contribution in [0.4, 0.5) is 8.78 Å². The van der Waals surface area contributed by atoms with Gasteiger partial charge in [0.1, 0.15) is 18.2 Å². The number of fused-ring (bicyclic) bond motifs is 2. The summed E-state index contributed by atoms with van der Waals surface area (Å²) in [6.45, 7) is 0.753. The van der Waals surface area contributed by atoms with Crippen LogP contribution in [0.2, 0.25) is 0 Å². The van der Waals surface area contributed by atoms with Crippen LogP contribution in [0.25, 0.3) is 27.4 Å². The summed E-state index contributed by atoms with van der Waals surface area (Å²) in [7, 11) is 0. The summed E-state index contributed by atoms with van der Waals surface area (Å²) >= 11 is 0. The van der Waals surface area contributed by atoms with E-state index in [0.717, 1.165) is 28.1 Å². The van der Waals surface area contributed by atoms with E-state index in [9.17, 15) is 18.4 Å². The number of hydrogen-bond acceptors (Lipinski definition) is 3. The van der Waals surface area contributed by atoms with Gasteiger partial charge in [0.05, 0.1) is 17.2 Å². The third kappa shape index (κ3) is 3.50. The minimum Gasteiger partial charge on any atom is -0.360 e. The zero-order valence-electron chi connectivity index (χ0n) is 16.4. The van der Waals surface area contributed by atoms with Gasteiger partial charge in [0, 0.05) is 35.8 Å². The minimum absolute atomic E-state index is 0.145. The topological polar surface area (TPSA) is 71.0 Å². The molecule has 3 heterocycles. The summed E-state index contributed by atoms with van der Waals surface area (Å²) in [6, 6.07) is 8.45. The van der Waals surface area contributed by atoms with E-state index in [4.69, 9.17) is 0 Å². The monoisotopic (exact) mass is 420 g/mol. The second kappa shape index (κ2) is 7.46. The standard InChI is InChI=1S/C23H18F2N4O2/c24-15-2-4-20-18(9-15)23(31)29(13-27-20)12-22(30)28-7-5-14(6-8-28)19-11-26-21-10-16(25)1-3-17(19)21/h1-5,9-11,13,26H,6-8,12H2. The number of nitrogens with one attached hydrogen (secondary N) is 1. The third-order valence-electron chi connectivity index (χ3n) is 5.64. The van der Waals surface area contributed by atoms with E-state index in [1.807, 2.05) is 12.3 Å². The summed E-state index contributed by atoms with van der Waals surface area (Å²) in [5, 5.41) is 1.08. The van der Waals surface area contributed by atoms with Gasteiger partial charge in [0.15, 0.2) is 0 Å². The summed E-state index contributed by atoms with van der Waals surface area (Å²) in [5.74, 6) is -1.03. The van der Waals surface area contributed by atoms with Gasteiger partial charge in [-0.15, -0.1) is 0 Å². The van der Waals surface area contributed by atoms with E-state index in [1.165, 1.54) is 35.2 Å². The van der Waals surface area contributed by atoms with Crippen molar-refractivity contribution >= 4 is 33.3 Å². The van der Waals surface area contributed by atoms with E-state index < -0.39 is 11.4 Å². The SMILES string of the molecule is O=C(Cn1cnc2ccc(F)cc2c1=O)N1CC=C(c2c[nH]c3cc(F)ccc23)CC1. The Kier molecular flexibility index (Phi) is 4.62. The number of carbonyl (C=O) groups is 1. The molecule has 0 atom stereocenters. The van der Waals surface area contributed by atoms with Crippen molar-refractivity contribution in [2.45, 2.75) is 13.0 Å². The maximum atomic E-state index is 13.5. The van der Waals surface area contributed by atoms with Gasteiger partial charge >= 0.3 is 0 Å². The average molecular weight is 420 g/mol. The Morgan fingerprint density at radius 1 is 1.10 bits per heavy atom. The highest BCUT2D eigenvalue weighted by molar-refractivity contribution is 5.93. The molecule has 0 spiro atoms. The molecule has 1 aliphatic rings. The predicted molar refractivity (Wildman–Crippen MR) is 113 cm³/mol. The molecule has 0 bridgehead atoms. The van der Waals surface area contributed by atoms with Gasteiger partial charge in [0.2, 0.25) is 5.91 Å². The molecule has 0 unspecified atom stereocenters. The maximum Gasteiger partial charge on any atom is 0.261 e. The van der Waals surface area contributed by atoms with Crippen molar-refractivity contribution < 1.29 is 13.6 Å². The van der Waals surface area contributed by atoms with Gasteiger partial charge in [-0.1, -0.05) is 6.08 Å². The number of aromatic nitrogens is 3. The molecule has 1 amide bonds. The van der Waals surface area contributed by atoms with Crippen molar-refractivity contribution in [2.24, 2.45) is 0 Å². The Balaban J connectivity index is 1.34. The Bertz CT molecular complexity index is 1420. The fraction of sp³-hybridized carbons (Fsp3) is 0.174. The van der Waals surface area contributed by atoms with Crippen LogP contribution in [0.1, 0.15) is 12.0 Å². The van der Waals surface area contributed by atoms with Crippen LogP contribution in [0.3, 0.4) is 0 Å². The number of H-pyrrole nitrogens is 1. The molecule has 31 heavy (non-hydrogen) atoms. The second-order valence-electron chi connectivity index (χ2n) is 7.55. The molecule has 2 aromatic carbocycles. The largest absolute Gasteiger partial charge is 0.360 e. The smallest absolute Gasteiger partial charge is 0.261 e. The Labute approximate surface area is 175 Å². The van der Waals surface area contributed by atoms with Crippen LogP contribution in [-0.4, -0.2) is 38.4 Å². The molecule has 1 N–H and O–H groups in total. The molecule has 0 radical (unpaired) electrons. The van der Waals surface area contributed by atoms with Crippen LogP contribution >= 0.6 is 0 Å². The van der Waals surface area contributed by atoms with Crippen molar-refractivity contribution in [1.29, 1.82) is 0 Å². The molecule has 0 aliphatic carbocycles. The number of amides is 1. The lowest BCUT2D eigenvalue weighted by molar-refractivity contribution is -0.131. The van der Waals surface area contributed by atoms with Gasteiger partial charge in [-0.3, -0.25) is 14.2 Å². The van der Waals surface area contributed by atoms with E-state index in [2.05, 4.69) is 9.97 Å². The van der Waals surface area contributed by atoms with Crippen molar-refractivity contribution in [2.75, 3.05) is 13.1 Å². The van der Waals surface area contributed by atoms with Crippen molar-refractivity contribution in [3.63, 3.8) is 0 Å². The van der Waals surface area contributed by atoms with Crippen molar-refractivity contribution in [1.82, 2.24) is 19.4 Å². The van der Waals surface area contributed by atoms with Crippen molar-refractivity contribution in [3.8, 4) is 0 Å². The molecule has 1 aliphatic heterocycles. The van der Waals surface area contributed by atoms with E-state index in [0.29, 0.717) is 25.0 Å². The molecule has 0 saturated carbocycles. The lowest BCUT2D eigenvalue weighted by atomic mass is 9.99. The fourth-order valence-electron chi connectivity index (χ4n) is 3.99. The number of rotatable bonds is 3. The molecule has 0 fully saturated rings. The Hall–Kier alpha value is -3.81. The van der Waals surface area contributed by atoms with Gasteiger partial charge in [-0.2, -0.15) is 0 Å². The zero-order valence-corrected chi connectivity index (χ0v) is 16.4. The van der Waals surface area contributed by atoms with Gasteiger partial charge < -0.3 is 9.88 Å². The zero-order chi connectivity index (χ0) is 21.5. The van der Waals surface area contributed by atoms with E-state index in [-0.39, 0.29) is 23.7 Å². The summed E-state index contributed by atoms with van der Waals surface area (Å²) in [4.78, 5) is 34.2. The molecular formula is C23H18F2N4O2. The van der Waals surface area contributed by atoms with E-state index in [1.54, 1.807) is 11.0 Å². The maximum absolute atomic E-state index is 13.5. The van der Waals surface area contributed by atoms with Crippen LogP contribution in [0, 0.1) is 11.6 Å². The quantitative estimate of drug-likeness (QED) is 0.552. The first-order valence-electron chi connectivity index (χ1n) is 9.88. The van der Waals surface area contributed by atoms with Crippen LogP contribution in [0.15, 0.2) is 59.8 Å². The summed E-state index contributed by atoms with van der Waals surface area (Å²) in [5.41, 5.74) is 2.76. The van der Waals surface area contributed by atoms with E-state index >= 15 is 0 Å². The number of carbonyl (C=O) groups excluding carboxylic acids is 1. The summed E-state index contributed by atoms with van der Waals surface area (Å²) < 4.78 is 28.1. The highest BCUT2D eigenvalue weighted by atomic mass is 19.1. The normalized spacial score (nSPS) is 14.3. The lowest BCUT2D eigenvalue weighted by Gasteiger charge is -2.26. The number of halogens is 2. The first-order valence-corrected chi connectivity index (χ1v) is 9.88. The molecule has 5 rings (SSSR count). The summed E-state index contributed by atoms with van der Waals surface area (Å²) in [6.07, 6.45) is 5.79. The van der Waals surface area contributed by atoms with Crippen LogP contribution < -0.4 is 5.56 Å². The second-order valence-corrected chi connectivity index (χ2v) is 7.55. The lowest BCUT2D eigenvalue weighted by Crippen LogP contribution is -2.39. The van der Waals surface area contributed by atoms with Gasteiger partial charge in [-0.05, 0) is 48.4 Å².